The number of nitrogens with zero attached hydrogens (tertiary/aromatic N) is 2. The molecule has 0 aliphatic heterocycles. The van der Waals surface area contributed by atoms with E-state index >= 15 is 0 Å². The first-order chi connectivity index (χ1) is 8.15. The number of benzene rings is 1. The second-order valence-electron chi connectivity index (χ2n) is 3.50. The van der Waals surface area contributed by atoms with E-state index in [9.17, 15) is 4.79 Å². The highest BCUT2D eigenvalue weighted by Crippen LogP contribution is 2.30. The van der Waals surface area contributed by atoms with E-state index in [-0.39, 0.29) is 0 Å². The summed E-state index contributed by atoms with van der Waals surface area (Å²) in [4.78, 5) is 11.6. The van der Waals surface area contributed by atoms with Crippen molar-refractivity contribution in [2.75, 3.05) is 7.11 Å². The molecule has 0 fully saturated rings. The molecular formula is C12H11ClN2O2. The average Bonchev–Trinajstić information content (AvgIpc) is 2.71. The molecule has 0 radical (unpaired) electrons. The Balaban J connectivity index is 2.63. The van der Waals surface area contributed by atoms with E-state index in [1.165, 1.54) is 13.3 Å². The van der Waals surface area contributed by atoms with Crippen LogP contribution in [0.15, 0.2) is 30.5 Å². The Hall–Kier alpha value is -1.81. The maximum Gasteiger partial charge on any atom is 0.341 e. The van der Waals surface area contributed by atoms with Crippen LogP contribution in [0.1, 0.15) is 10.4 Å². The van der Waals surface area contributed by atoms with Crippen molar-refractivity contribution in [2.24, 2.45) is 7.05 Å². The van der Waals surface area contributed by atoms with Gasteiger partial charge in [-0.1, -0.05) is 29.8 Å². The molecule has 88 valence electrons. The Morgan fingerprint density at radius 3 is 2.76 bits per heavy atom. The molecule has 0 unspecified atom stereocenters. The molecule has 17 heavy (non-hydrogen) atoms. The second-order valence-corrected chi connectivity index (χ2v) is 3.91. The molecule has 0 N–H and O–H groups in total. The zero-order chi connectivity index (χ0) is 12.4. The topological polar surface area (TPSA) is 44.1 Å². The van der Waals surface area contributed by atoms with Gasteiger partial charge in [0.1, 0.15) is 5.56 Å². The van der Waals surface area contributed by atoms with Crippen molar-refractivity contribution >= 4 is 17.6 Å². The molecule has 4 nitrogen and oxygen atoms in total. The van der Waals surface area contributed by atoms with Gasteiger partial charge in [0.05, 0.1) is 19.0 Å². The second kappa shape index (κ2) is 4.59. The van der Waals surface area contributed by atoms with Crippen LogP contribution in [0.25, 0.3) is 11.3 Å². The summed E-state index contributed by atoms with van der Waals surface area (Å²) in [5.74, 6) is -0.423. The minimum atomic E-state index is -0.423. The molecule has 0 atom stereocenters. The third kappa shape index (κ3) is 2.03. The van der Waals surface area contributed by atoms with Crippen LogP contribution in [0, 0.1) is 0 Å². The van der Waals surface area contributed by atoms with Crippen molar-refractivity contribution in [2.45, 2.75) is 0 Å². The van der Waals surface area contributed by atoms with E-state index in [2.05, 4.69) is 5.10 Å². The number of rotatable bonds is 2. The van der Waals surface area contributed by atoms with Crippen molar-refractivity contribution in [3.05, 3.63) is 41.0 Å². The molecule has 0 amide bonds. The van der Waals surface area contributed by atoms with Crippen molar-refractivity contribution in [1.29, 1.82) is 0 Å². The number of carbonyl (C=O) groups excluding carboxylic acids is 1. The SMILES string of the molecule is COC(=O)c1cnn(C)c1-c1ccccc1Cl. The molecule has 0 bridgehead atoms. The molecule has 0 spiro atoms. The molecule has 0 aliphatic carbocycles. The monoisotopic (exact) mass is 250 g/mol. The molecule has 0 aliphatic rings. The van der Waals surface area contributed by atoms with Gasteiger partial charge in [-0.05, 0) is 6.07 Å². The molecule has 1 heterocycles. The Morgan fingerprint density at radius 2 is 2.12 bits per heavy atom. The molecule has 5 heteroatoms. The minimum Gasteiger partial charge on any atom is -0.465 e. The molecule has 1 aromatic heterocycles. The Kier molecular flexibility index (Phi) is 3.15. The first kappa shape index (κ1) is 11.7. The molecule has 1 aromatic carbocycles. The van der Waals surface area contributed by atoms with E-state index in [4.69, 9.17) is 16.3 Å². The quantitative estimate of drug-likeness (QED) is 0.770. The summed E-state index contributed by atoms with van der Waals surface area (Å²) >= 11 is 6.11. The number of aryl methyl sites for hydroxylation is 1. The van der Waals surface area contributed by atoms with Gasteiger partial charge in [-0.15, -0.1) is 0 Å². The highest BCUT2D eigenvalue weighted by atomic mass is 35.5. The van der Waals surface area contributed by atoms with Gasteiger partial charge in [0.15, 0.2) is 0 Å². The van der Waals surface area contributed by atoms with Gasteiger partial charge < -0.3 is 4.74 Å². The van der Waals surface area contributed by atoms with Crippen LogP contribution < -0.4 is 0 Å². The van der Waals surface area contributed by atoms with Crippen molar-refractivity contribution in [3.63, 3.8) is 0 Å². The summed E-state index contributed by atoms with van der Waals surface area (Å²) in [6.45, 7) is 0. The van der Waals surface area contributed by atoms with E-state index in [1.807, 2.05) is 18.2 Å². The molecule has 2 rings (SSSR count). The van der Waals surface area contributed by atoms with Crippen molar-refractivity contribution < 1.29 is 9.53 Å². The molecule has 2 aromatic rings. The lowest BCUT2D eigenvalue weighted by molar-refractivity contribution is 0.0601. The van der Waals surface area contributed by atoms with Gasteiger partial charge in [-0.2, -0.15) is 5.10 Å². The Labute approximate surface area is 104 Å². The number of halogens is 1. The lowest BCUT2D eigenvalue weighted by Gasteiger charge is -2.07. The third-order valence-corrected chi connectivity index (χ3v) is 2.80. The summed E-state index contributed by atoms with van der Waals surface area (Å²) < 4.78 is 6.32. The van der Waals surface area contributed by atoms with E-state index < -0.39 is 5.97 Å². The van der Waals surface area contributed by atoms with Gasteiger partial charge in [0.25, 0.3) is 0 Å². The Morgan fingerprint density at radius 1 is 1.41 bits per heavy atom. The standard InChI is InChI=1S/C12H11ClN2O2/c1-15-11(8-5-3-4-6-10(8)13)9(7-14-15)12(16)17-2/h3-7H,1-2H3. The van der Waals surface area contributed by atoms with E-state index in [0.717, 1.165) is 5.56 Å². The van der Waals surface area contributed by atoms with Crippen LogP contribution in [0.5, 0.6) is 0 Å². The smallest absolute Gasteiger partial charge is 0.341 e. The fraction of sp³-hybridized carbons (Fsp3) is 0.167. The summed E-state index contributed by atoms with van der Waals surface area (Å²) in [5.41, 5.74) is 1.82. The van der Waals surface area contributed by atoms with Gasteiger partial charge >= 0.3 is 5.97 Å². The number of methoxy groups -OCH3 is 1. The van der Waals surface area contributed by atoms with Crippen LogP contribution in [0.3, 0.4) is 0 Å². The number of esters is 1. The summed E-state index contributed by atoms with van der Waals surface area (Å²) in [7, 11) is 3.09. The van der Waals surface area contributed by atoms with Crippen LogP contribution in [-0.4, -0.2) is 22.9 Å². The highest BCUT2D eigenvalue weighted by molar-refractivity contribution is 6.33. The molecule has 0 saturated heterocycles. The van der Waals surface area contributed by atoms with Crippen molar-refractivity contribution in [1.82, 2.24) is 9.78 Å². The van der Waals surface area contributed by atoms with Gasteiger partial charge in [-0.3, -0.25) is 4.68 Å². The third-order valence-electron chi connectivity index (χ3n) is 2.47. The first-order valence-corrected chi connectivity index (χ1v) is 5.38. The lowest BCUT2D eigenvalue weighted by Crippen LogP contribution is -2.03. The van der Waals surface area contributed by atoms with Crippen LogP contribution in [-0.2, 0) is 11.8 Å². The van der Waals surface area contributed by atoms with Crippen LogP contribution in [0.4, 0.5) is 0 Å². The number of ether oxygens (including phenoxy) is 1. The average molecular weight is 251 g/mol. The summed E-state index contributed by atoms with van der Waals surface area (Å²) in [6.07, 6.45) is 1.48. The highest BCUT2D eigenvalue weighted by Gasteiger charge is 2.19. The number of hydrogen-bond acceptors (Lipinski definition) is 3. The zero-order valence-electron chi connectivity index (χ0n) is 9.48. The van der Waals surface area contributed by atoms with E-state index in [1.54, 1.807) is 17.8 Å². The van der Waals surface area contributed by atoms with Crippen molar-refractivity contribution in [3.8, 4) is 11.3 Å². The predicted octanol–water partition coefficient (Wildman–Crippen LogP) is 2.53. The fourth-order valence-electron chi connectivity index (χ4n) is 1.67. The fourth-order valence-corrected chi connectivity index (χ4v) is 1.89. The van der Waals surface area contributed by atoms with Gasteiger partial charge in [-0.25, -0.2) is 4.79 Å². The Bertz CT molecular complexity index is 563. The number of aromatic nitrogens is 2. The van der Waals surface area contributed by atoms with Gasteiger partial charge in [0, 0.05) is 17.6 Å². The largest absolute Gasteiger partial charge is 0.465 e. The van der Waals surface area contributed by atoms with Crippen LogP contribution >= 0.6 is 11.6 Å². The lowest BCUT2D eigenvalue weighted by atomic mass is 10.1. The summed E-state index contributed by atoms with van der Waals surface area (Å²) in [6, 6.07) is 7.30. The normalized spacial score (nSPS) is 10.3. The maximum atomic E-state index is 11.6. The number of hydrogen-bond donors (Lipinski definition) is 0. The zero-order valence-corrected chi connectivity index (χ0v) is 10.2. The molecular weight excluding hydrogens is 240 g/mol. The van der Waals surface area contributed by atoms with Crippen LogP contribution in [0.2, 0.25) is 5.02 Å². The maximum absolute atomic E-state index is 11.6. The predicted molar refractivity (Wildman–Crippen MR) is 65.0 cm³/mol. The van der Waals surface area contributed by atoms with Gasteiger partial charge in [0.2, 0.25) is 0 Å². The minimum absolute atomic E-state index is 0.406. The molecule has 0 saturated carbocycles. The first-order valence-electron chi connectivity index (χ1n) is 5.00. The number of carbonyl (C=O) groups is 1. The van der Waals surface area contributed by atoms with E-state index in [0.29, 0.717) is 16.3 Å². The summed E-state index contributed by atoms with van der Waals surface area (Å²) in [5, 5.41) is 4.63.